The minimum Gasteiger partial charge on any atom is -0.485 e. The first kappa shape index (κ1) is 14.1. The van der Waals surface area contributed by atoms with E-state index >= 15 is 0 Å². The monoisotopic (exact) mass is 294 g/mol. The number of rotatable bonds is 4. The molecule has 0 unspecified atom stereocenters. The molecule has 1 aromatic heterocycles. The summed E-state index contributed by atoms with van der Waals surface area (Å²) in [5, 5.41) is 0.607. The molecule has 0 N–H and O–H groups in total. The Balaban J connectivity index is 2.08. The fourth-order valence-corrected chi connectivity index (χ4v) is 2.96. The molecule has 0 spiro atoms. The Hall–Kier alpha value is -1.32. The van der Waals surface area contributed by atoms with Gasteiger partial charge in [-0.3, -0.25) is 4.79 Å². The number of carbonyl (C=O) groups is 1. The topological polar surface area (TPSA) is 26.3 Å². The number of hydrogen-bond acceptors (Lipinski definition) is 3. The molecule has 0 aliphatic carbocycles. The second-order valence-corrected chi connectivity index (χ2v) is 6.35. The molecule has 0 aliphatic heterocycles. The van der Waals surface area contributed by atoms with Crippen molar-refractivity contribution in [2.45, 2.75) is 20.8 Å². The summed E-state index contributed by atoms with van der Waals surface area (Å²) in [6.07, 6.45) is 0. The molecule has 0 radical (unpaired) electrons. The molecule has 0 aliphatic rings. The third-order valence-electron chi connectivity index (χ3n) is 2.85. The SMILES string of the molecule is Cc1cc(C(=O)COc2cc(Cl)ccc2C)c(C)s1. The van der Waals surface area contributed by atoms with E-state index in [-0.39, 0.29) is 12.4 Å². The minimum absolute atomic E-state index is 0.00113. The predicted molar refractivity (Wildman–Crippen MR) is 79.8 cm³/mol. The van der Waals surface area contributed by atoms with Crippen molar-refractivity contribution >= 4 is 28.7 Å². The van der Waals surface area contributed by atoms with Crippen molar-refractivity contribution < 1.29 is 9.53 Å². The fourth-order valence-electron chi connectivity index (χ4n) is 1.86. The summed E-state index contributed by atoms with van der Waals surface area (Å²) >= 11 is 7.54. The average Bonchev–Trinajstić information content (AvgIpc) is 2.69. The number of Topliss-reactive ketones (excluding diaryl/α,β-unsaturated/α-hetero) is 1. The van der Waals surface area contributed by atoms with Crippen molar-refractivity contribution in [3.63, 3.8) is 0 Å². The first-order chi connectivity index (χ1) is 8.97. The zero-order chi connectivity index (χ0) is 14.0. The van der Waals surface area contributed by atoms with Gasteiger partial charge in [0.25, 0.3) is 0 Å². The predicted octanol–water partition coefficient (Wildman–Crippen LogP) is 4.59. The largest absolute Gasteiger partial charge is 0.485 e. The molecule has 2 nitrogen and oxygen atoms in total. The van der Waals surface area contributed by atoms with Gasteiger partial charge in [-0.25, -0.2) is 0 Å². The van der Waals surface area contributed by atoms with Crippen molar-refractivity contribution in [1.82, 2.24) is 0 Å². The van der Waals surface area contributed by atoms with E-state index in [1.54, 1.807) is 23.5 Å². The normalized spacial score (nSPS) is 10.5. The van der Waals surface area contributed by atoms with E-state index in [4.69, 9.17) is 16.3 Å². The Kier molecular flexibility index (Phi) is 4.27. The van der Waals surface area contributed by atoms with E-state index in [9.17, 15) is 4.79 Å². The van der Waals surface area contributed by atoms with Gasteiger partial charge in [-0.1, -0.05) is 17.7 Å². The third kappa shape index (κ3) is 3.37. The molecule has 4 heteroatoms. The lowest BCUT2D eigenvalue weighted by Crippen LogP contribution is -2.12. The molecule has 2 rings (SSSR count). The zero-order valence-corrected chi connectivity index (χ0v) is 12.7. The lowest BCUT2D eigenvalue weighted by molar-refractivity contribution is 0.0921. The number of aryl methyl sites for hydroxylation is 3. The van der Waals surface area contributed by atoms with Crippen LogP contribution in [0.1, 0.15) is 25.7 Å². The van der Waals surface area contributed by atoms with Crippen molar-refractivity contribution in [2.24, 2.45) is 0 Å². The van der Waals surface area contributed by atoms with Crippen molar-refractivity contribution in [1.29, 1.82) is 0 Å². The highest BCUT2D eigenvalue weighted by atomic mass is 35.5. The molecule has 100 valence electrons. The van der Waals surface area contributed by atoms with Crippen LogP contribution in [-0.2, 0) is 0 Å². The zero-order valence-electron chi connectivity index (χ0n) is 11.1. The van der Waals surface area contributed by atoms with E-state index in [0.29, 0.717) is 10.8 Å². The molecular weight excluding hydrogens is 280 g/mol. The number of carbonyl (C=O) groups excluding carboxylic acids is 1. The van der Waals surface area contributed by atoms with Crippen molar-refractivity contribution in [3.05, 3.63) is 50.2 Å². The number of thiophene rings is 1. The molecule has 0 saturated heterocycles. The maximum absolute atomic E-state index is 12.1. The van der Waals surface area contributed by atoms with Crippen LogP contribution in [0.25, 0.3) is 0 Å². The van der Waals surface area contributed by atoms with E-state index in [1.165, 1.54) is 0 Å². The van der Waals surface area contributed by atoms with Crippen molar-refractivity contribution in [3.8, 4) is 5.75 Å². The van der Waals surface area contributed by atoms with Crippen LogP contribution in [0, 0.1) is 20.8 Å². The number of halogens is 1. The molecule has 1 heterocycles. The molecule has 0 saturated carbocycles. The van der Waals surface area contributed by atoms with Crippen LogP contribution >= 0.6 is 22.9 Å². The Bertz CT molecular complexity index is 617. The molecule has 0 amide bonds. The summed E-state index contributed by atoms with van der Waals surface area (Å²) in [4.78, 5) is 14.3. The van der Waals surface area contributed by atoms with Crippen LogP contribution < -0.4 is 4.74 Å². The molecule has 0 atom stereocenters. The lowest BCUT2D eigenvalue weighted by Gasteiger charge is -2.08. The Morgan fingerprint density at radius 2 is 2.00 bits per heavy atom. The van der Waals surface area contributed by atoms with E-state index in [0.717, 1.165) is 20.9 Å². The minimum atomic E-state index is 0.00113. The van der Waals surface area contributed by atoms with Gasteiger partial charge in [0.05, 0.1) is 0 Å². The number of benzene rings is 1. The maximum Gasteiger partial charge on any atom is 0.201 e. The van der Waals surface area contributed by atoms with Crippen LogP contribution in [0.5, 0.6) is 5.75 Å². The Morgan fingerprint density at radius 1 is 1.26 bits per heavy atom. The quantitative estimate of drug-likeness (QED) is 0.771. The summed E-state index contributed by atoms with van der Waals surface area (Å²) in [6, 6.07) is 7.33. The van der Waals surface area contributed by atoms with Crippen LogP contribution in [0.2, 0.25) is 5.02 Å². The standard InChI is InChI=1S/C15H15ClO2S/c1-9-4-5-12(16)7-15(9)18-8-14(17)13-6-10(2)19-11(13)3/h4-7H,8H2,1-3H3. The van der Waals surface area contributed by atoms with Crippen LogP contribution in [0.4, 0.5) is 0 Å². The summed E-state index contributed by atoms with van der Waals surface area (Å²) in [6.45, 7) is 5.92. The maximum atomic E-state index is 12.1. The Labute approximate surface area is 122 Å². The summed E-state index contributed by atoms with van der Waals surface area (Å²) in [5.41, 5.74) is 1.72. The molecule has 2 aromatic rings. The second kappa shape index (κ2) is 5.76. The molecule has 1 aromatic carbocycles. The van der Waals surface area contributed by atoms with Crippen LogP contribution in [-0.4, -0.2) is 12.4 Å². The summed E-state index contributed by atoms with van der Waals surface area (Å²) in [5.74, 6) is 0.659. The van der Waals surface area contributed by atoms with E-state index in [1.807, 2.05) is 32.9 Å². The smallest absolute Gasteiger partial charge is 0.201 e. The number of hydrogen-bond donors (Lipinski definition) is 0. The van der Waals surface area contributed by atoms with Crippen molar-refractivity contribution in [2.75, 3.05) is 6.61 Å². The van der Waals surface area contributed by atoms with Gasteiger partial charge < -0.3 is 4.74 Å². The highest BCUT2D eigenvalue weighted by Gasteiger charge is 2.13. The highest BCUT2D eigenvalue weighted by Crippen LogP contribution is 2.24. The second-order valence-electron chi connectivity index (χ2n) is 4.45. The van der Waals surface area contributed by atoms with E-state index in [2.05, 4.69) is 0 Å². The van der Waals surface area contributed by atoms with Gasteiger partial charge in [0.2, 0.25) is 5.78 Å². The van der Waals surface area contributed by atoms with E-state index < -0.39 is 0 Å². The van der Waals surface area contributed by atoms with Gasteiger partial charge in [0.1, 0.15) is 5.75 Å². The summed E-state index contributed by atoms with van der Waals surface area (Å²) in [7, 11) is 0. The van der Waals surface area contributed by atoms with Gasteiger partial charge >= 0.3 is 0 Å². The van der Waals surface area contributed by atoms with Gasteiger partial charge in [-0.2, -0.15) is 0 Å². The third-order valence-corrected chi connectivity index (χ3v) is 4.05. The molecular formula is C15H15ClO2S. The summed E-state index contributed by atoms with van der Waals surface area (Å²) < 4.78 is 5.57. The Morgan fingerprint density at radius 3 is 2.63 bits per heavy atom. The van der Waals surface area contributed by atoms with Gasteiger partial charge in [0, 0.05) is 20.3 Å². The van der Waals surface area contributed by atoms with Gasteiger partial charge in [-0.05, 0) is 44.5 Å². The molecule has 0 bridgehead atoms. The number of ketones is 1. The van der Waals surface area contributed by atoms with Crippen LogP contribution in [0.15, 0.2) is 24.3 Å². The first-order valence-corrected chi connectivity index (χ1v) is 7.16. The molecule has 19 heavy (non-hydrogen) atoms. The highest BCUT2D eigenvalue weighted by molar-refractivity contribution is 7.12. The average molecular weight is 295 g/mol. The van der Waals surface area contributed by atoms with Crippen LogP contribution in [0.3, 0.4) is 0 Å². The fraction of sp³-hybridized carbons (Fsp3) is 0.267. The number of ether oxygens (including phenoxy) is 1. The first-order valence-electron chi connectivity index (χ1n) is 5.96. The van der Waals surface area contributed by atoms with Gasteiger partial charge in [-0.15, -0.1) is 11.3 Å². The molecule has 0 fully saturated rings. The van der Waals surface area contributed by atoms with Gasteiger partial charge in [0.15, 0.2) is 6.61 Å². The lowest BCUT2D eigenvalue weighted by atomic mass is 10.1.